The quantitative estimate of drug-likeness (QED) is 0.771. The SMILES string of the molecule is Cc1ccccc1CC(=O)NCc1nc2ccccc2[nH]1. The summed E-state index contributed by atoms with van der Waals surface area (Å²) in [4.78, 5) is 19.6. The second-order valence-electron chi connectivity index (χ2n) is 5.08. The molecule has 1 heterocycles. The molecule has 3 aromatic rings. The minimum absolute atomic E-state index is 0.00440. The Bertz CT molecular complexity index is 743. The summed E-state index contributed by atoms with van der Waals surface area (Å²) >= 11 is 0. The van der Waals surface area contributed by atoms with Crippen molar-refractivity contribution in [3.05, 3.63) is 65.5 Å². The van der Waals surface area contributed by atoms with Gasteiger partial charge in [0.25, 0.3) is 0 Å². The molecule has 2 N–H and O–H groups in total. The van der Waals surface area contributed by atoms with Crippen molar-refractivity contribution in [3.8, 4) is 0 Å². The molecule has 0 bridgehead atoms. The van der Waals surface area contributed by atoms with Gasteiger partial charge in [-0.3, -0.25) is 4.79 Å². The first kappa shape index (κ1) is 13.4. The molecule has 2 aromatic carbocycles. The zero-order valence-electron chi connectivity index (χ0n) is 11.9. The highest BCUT2D eigenvalue weighted by Crippen LogP contribution is 2.10. The Morgan fingerprint density at radius 3 is 2.71 bits per heavy atom. The van der Waals surface area contributed by atoms with E-state index in [0.717, 1.165) is 28.0 Å². The molecule has 0 atom stereocenters. The molecule has 0 aliphatic heterocycles. The van der Waals surface area contributed by atoms with Gasteiger partial charge < -0.3 is 10.3 Å². The molecule has 4 nitrogen and oxygen atoms in total. The van der Waals surface area contributed by atoms with Crippen LogP contribution in [0, 0.1) is 6.92 Å². The number of aromatic nitrogens is 2. The molecule has 3 rings (SSSR count). The molecule has 0 aliphatic rings. The molecule has 4 heteroatoms. The van der Waals surface area contributed by atoms with Gasteiger partial charge in [-0.25, -0.2) is 4.98 Å². The average Bonchev–Trinajstić information content (AvgIpc) is 2.90. The van der Waals surface area contributed by atoms with E-state index in [1.807, 2.05) is 55.5 Å². The fourth-order valence-electron chi connectivity index (χ4n) is 2.32. The van der Waals surface area contributed by atoms with Crippen LogP contribution < -0.4 is 5.32 Å². The molecule has 0 spiro atoms. The smallest absolute Gasteiger partial charge is 0.224 e. The van der Waals surface area contributed by atoms with Gasteiger partial charge in [0.15, 0.2) is 0 Å². The minimum atomic E-state index is 0.00440. The molecule has 1 aromatic heterocycles. The van der Waals surface area contributed by atoms with Gasteiger partial charge in [0.05, 0.1) is 24.0 Å². The first-order valence-corrected chi connectivity index (χ1v) is 6.97. The Morgan fingerprint density at radius 2 is 1.90 bits per heavy atom. The van der Waals surface area contributed by atoms with Crippen LogP contribution in [0.2, 0.25) is 0 Å². The van der Waals surface area contributed by atoms with Crippen molar-refractivity contribution in [2.24, 2.45) is 0 Å². The van der Waals surface area contributed by atoms with E-state index in [0.29, 0.717) is 13.0 Å². The van der Waals surface area contributed by atoms with Crippen molar-refractivity contribution in [2.75, 3.05) is 0 Å². The summed E-state index contributed by atoms with van der Waals surface area (Å²) in [5.74, 6) is 0.777. The van der Waals surface area contributed by atoms with E-state index in [1.165, 1.54) is 0 Å². The molecule has 1 amide bonds. The number of carbonyl (C=O) groups excluding carboxylic acids is 1. The molecule has 21 heavy (non-hydrogen) atoms. The van der Waals surface area contributed by atoms with Crippen LogP contribution in [-0.2, 0) is 17.8 Å². The van der Waals surface area contributed by atoms with Crippen LogP contribution >= 0.6 is 0 Å². The zero-order valence-corrected chi connectivity index (χ0v) is 11.9. The predicted molar refractivity (Wildman–Crippen MR) is 82.8 cm³/mol. The van der Waals surface area contributed by atoms with Crippen molar-refractivity contribution < 1.29 is 4.79 Å². The number of carbonyl (C=O) groups is 1. The highest BCUT2D eigenvalue weighted by atomic mass is 16.1. The molecule has 106 valence electrons. The van der Waals surface area contributed by atoms with Crippen molar-refractivity contribution in [2.45, 2.75) is 19.9 Å². The summed E-state index contributed by atoms with van der Waals surface area (Å²) in [6.07, 6.45) is 0.396. The van der Waals surface area contributed by atoms with Gasteiger partial charge in [0.1, 0.15) is 5.82 Å². The molecule has 0 fully saturated rings. The standard InChI is InChI=1S/C17H17N3O/c1-12-6-2-3-7-13(12)10-17(21)18-11-16-19-14-8-4-5-9-15(14)20-16/h2-9H,10-11H2,1H3,(H,18,21)(H,19,20). The lowest BCUT2D eigenvalue weighted by atomic mass is 10.1. The first-order valence-electron chi connectivity index (χ1n) is 6.97. The van der Waals surface area contributed by atoms with E-state index < -0.39 is 0 Å². The molecule has 0 radical (unpaired) electrons. The van der Waals surface area contributed by atoms with Gasteiger partial charge in [-0.15, -0.1) is 0 Å². The number of benzene rings is 2. The molecule has 0 unspecified atom stereocenters. The summed E-state index contributed by atoms with van der Waals surface area (Å²) in [6, 6.07) is 15.8. The second-order valence-corrected chi connectivity index (χ2v) is 5.08. The molecule has 0 saturated carbocycles. The van der Waals surface area contributed by atoms with E-state index in [9.17, 15) is 4.79 Å². The predicted octanol–water partition coefficient (Wildman–Crippen LogP) is 2.73. The maximum atomic E-state index is 12.0. The lowest BCUT2D eigenvalue weighted by molar-refractivity contribution is -0.120. The number of nitrogens with zero attached hydrogens (tertiary/aromatic N) is 1. The topological polar surface area (TPSA) is 57.8 Å². The molecule has 0 saturated heterocycles. The van der Waals surface area contributed by atoms with E-state index in [2.05, 4.69) is 15.3 Å². The van der Waals surface area contributed by atoms with Crippen LogP contribution in [-0.4, -0.2) is 15.9 Å². The van der Waals surface area contributed by atoms with E-state index in [4.69, 9.17) is 0 Å². The number of para-hydroxylation sites is 2. The lowest BCUT2D eigenvalue weighted by Gasteiger charge is -2.06. The van der Waals surface area contributed by atoms with Crippen molar-refractivity contribution in [3.63, 3.8) is 0 Å². The maximum Gasteiger partial charge on any atom is 0.224 e. The Labute approximate surface area is 123 Å². The van der Waals surface area contributed by atoms with Gasteiger partial charge in [-0.05, 0) is 30.2 Å². The van der Waals surface area contributed by atoms with Gasteiger partial charge in [0.2, 0.25) is 5.91 Å². The summed E-state index contributed by atoms with van der Waals surface area (Å²) < 4.78 is 0. The number of H-pyrrole nitrogens is 1. The molecular formula is C17H17N3O. The maximum absolute atomic E-state index is 12.0. The van der Waals surface area contributed by atoms with Gasteiger partial charge in [-0.1, -0.05) is 36.4 Å². The third kappa shape index (κ3) is 3.11. The summed E-state index contributed by atoms with van der Waals surface area (Å²) in [7, 11) is 0. The van der Waals surface area contributed by atoms with Gasteiger partial charge in [0, 0.05) is 0 Å². The summed E-state index contributed by atoms with van der Waals surface area (Å²) in [6.45, 7) is 2.43. The second kappa shape index (κ2) is 5.79. The third-order valence-electron chi connectivity index (χ3n) is 3.50. The fraction of sp³-hybridized carbons (Fsp3) is 0.176. The third-order valence-corrected chi connectivity index (χ3v) is 3.50. The van der Waals surface area contributed by atoms with Crippen LogP contribution in [0.25, 0.3) is 11.0 Å². The number of imidazole rings is 1. The highest BCUT2D eigenvalue weighted by Gasteiger charge is 2.07. The highest BCUT2D eigenvalue weighted by molar-refractivity contribution is 5.79. The van der Waals surface area contributed by atoms with Gasteiger partial charge in [-0.2, -0.15) is 0 Å². The van der Waals surface area contributed by atoms with E-state index >= 15 is 0 Å². The number of rotatable bonds is 4. The lowest BCUT2D eigenvalue weighted by Crippen LogP contribution is -2.25. The monoisotopic (exact) mass is 279 g/mol. The zero-order chi connectivity index (χ0) is 14.7. The Morgan fingerprint density at radius 1 is 1.14 bits per heavy atom. The number of nitrogens with one attached hydrogen (secondary N) is 2. The van der Waals surface area contributed by atoms with E-state index in [-0.39, 0.29) is 5.91 Å². The number of aryl methyl sites for hydroxylation is 1. The Hall–Kier alpha value is -2.62. The number of hydrogen-bond acceptors (Lipinski definition) is 2. The fourth-order valence-corrected chi connectivity index (χ4v) is 2.32. The Balaban J connectivity index is 1.62. The average molecular weight is 279 g/mol. The normalized spacial score (nSPS) is 10.7. The largest absolute Gasteiger partial charge is 0.349 e. The number of hydrogen-bond donors (Lipinski definition) is 2. The minimum Gasteiger partial charge on any atom is -0.349 e. The molecular weight excluding hydrogens is 262 g/mol. The van der Waals surface area contributed by atoms with Crippen molar-refractivity contribution >= 4 is 16.9 Å². The van der Waals surface area contributed by atoms with E-state index in [1.54, 1.807) is 0 Å². The van der Waals surface area contributed by atoms with Crippen LogP contribution in [0.15, 0.2) is 48.5 Å². The number of fused-ring (bicyclic) bond motifs is 1. The Kier molecular flexibility index (Phi) is 3.69. The summed E-state index contributed by atoms with van der Waals surface area (Å²) in [5.41, 5.74) is 4.09. The molecule has 0 aliphatic carbocycles. The first-order chi connectivity index (χ1) is 10.2. The van der Waals surface area contributed by atoms with Crippen molar-refractivity contribution in [1.29, 1.82) is 0 Å². The van der Waals surface area contributed by atoms with Crippen LogP contribution in [0.5, 0.6) is 0 Å². The summed E-state index contributed by atoms with van der Waals surface area (Å²) in [5, 5.41) is 2.90. The number of amides is 1. The van der Waals surface area contributed by atoms with Crippen LogP contribution in [0.3, 0.4) is 0 Å². The van der Waals surface area contributed by atoms with Crippen molar-refractivity contribution in [1.82, 2.24) is 15.3 Å². The number of aromatic amines is 1. The van der Waals surface area contributed by atoms with Gasteiger partial charge >= 0.3 is 0 Å². The van der Waals surface area contributed by atoms with Crippen LogP contribution in [0.1, 0.15) is 17.0 Å². The van der Waals surface area contributed by atoms with Crippen LogP contribution in [0.4, 0.5) is 0 Å².